The van der Waals surface area contributed by atoms with Crippen molar-refractivity contribution in [3.8, 4) is 0 Å². The van der Waals surface area contributed by atoms with Gasteiger partial charge < -0.3 is 9.80 Å². The first kappa shape index (κ1) is 25.3. The van der Waals surface area contributed by atoms with Crippen molar-refractivity contribution in [3.05, 3.63) is 23.8 Å². The van der Waals surface area contributed by atoms with Crippen LogP contribution in [0.1, 0.15) is 78.2 Å². The second-order valence-electron chi connectivity index (χ2n) is 11.4. The molecule has 0 spiro atoms. The normalized spacial score (nSPS) is 21.9. The second kappa shape index (κ2) is 10.1. The first-order valence-corrected chi connectivity index (χ1v) is 11.9. The third kappa shape index (κ3) is 6.29. The maximum absolute atomic E-state index is 2.68. The Bertz CT molecular complexity index is 659. The molecule has 1 saturated heterocycles. The van der Waals surface area contributed by atoms with E-state index in [0.29, 0.717) is 16.7 Å². The molecule has 1 aromatic rings. The Morgan fingerprint density at radius 3 is 2.10 bits per heavy atom. The van der Waals surface area contributed by atoms with E-state index in [1.165, 1.54) is 63.1 Å². The van der Waals surface area contributed by atoms with Gasteiger partial charge in [-0.1, -0.05) is 47.1 Å². The SMILES string of the molecule is CCCCN1CCN(c2cc(N(C)C)ccc2C2CC(C)(C)CC(C)(C)C2)CC1.Cl. The van der Waals surface area contributed by atoms with Crippen LogP contribution < -0.4 is 9.80 Å². The lowest BCUT2D eigenvalue weighted by Gasteiger charge is -2.46. The molecule has 3 rings (SSSR count). The largest absolute Gasteiger partial charge is 0.378 e. The van der Waals surface area contributed by atoms with Crippen LogP contribution in [-0.2, 0) is 0 Å². The van der Waals surface area contributed by atoms with E-state index in [9.17, 15) is 0 Å². The predicted molar refractivity (Wildman–Crippen MR) is 136 cm³/mol. The van der Waals surface area contributed by atoms with Crippen LogP contribution in [-0.4, -0.2) is 51.7 Å². The number of halogens is 1. The molecule has 1 aliphatic heterocycles. The first-order chi connectivity index (χ1) is 13.6. The minimum atomic E-state index is 0. The van der Waals surface area contributed by atoms with Gasteiger partial charge in [0.25, 0.3) is 0 Å². The van der Waals surface area contributed by atoms with E-state index in [2.05, 4.69) is 81.6 Å². The number of benzene rings is 1. The average molecular weight is 436 g/mol. The number of anilines is 2. The van der Waals surface area contributed by atoms with Crippen LogP contribution in [0.15, 0.2) is 18.2 Å². The summed E-state index contributed by atoms with van der Waals surface area (Å²) < 4.78 is 0. The summed E-state index contributed by atoms with van der Waals surface area (Å²) in [6, 6.07) is 7.26. The van der Waals surface area contributed by atoms with Crippen LogP contribution in [0.25, 0.3) is 0 Å². The highest BCUT2D eigenvalue weighted by Crippen LogP contribution is 2.53. The van der Waals surface area contributed by atoms with Crippen LogP contribution in [0.3, 0.4) is 0 Å². The molecule has 172 valence electrons. The van der Waals surface area contributed by atoms with Crippen molar-refractivity contribution in [3.63, 3.8) is 0 Å². The van der Waals surface area contributed by atoms with Crippen LogP contribution >= 0.6 is 12.4 Å². The topological polar surface area (TPSA) is 9.72 Å². The molecule has 4 heteroatoms. The molecule has 0 bridgehead atoms. The van der Waals surface area contributed by atoms with Gasteiger partial charge in [-0.15, -0.1) is 12.4 Å². The summed E-state index contributed by atoms with van der Waals surface area (Å²) in [4.78, 5) is 7.58. The molecule has 1 saturated carbocycles. The van der Waals surface area contributed by atoms with Gasteiger partial charge in [0, 0.05) is 51.6 Å². The van der Waals surface area contributed by atoms with Gasteiger partial charge in [-0.05, 0) is 66.7 Å². The molecule has 1 aromatic carbocycles. The molecule has 30 heavy (non-hydrogen) atoms. The van der Waals surface area contributed by atoms with Crippen LogP contribution in [0.4, 0.5) is 11.4 Å². The number of unbranched alkanes of at least 4 members (excludes halogenated alkanes) is 1. The van der Waals surface area contributed by atoms with Crippen molar-refractivity contribution in [2.45, 2.75) is 72.6 Å². The number of hydrogen-bond acceptors (Lipinski definition) is 3. The Morgan fingerprint density at radius 1 is 0.967 bits per heavy atom. The van der Waals surface area contributed by atoms with Gasteiger partial charge in [-0.25, -0.2) is 0 Å². The van der Waals surface area contributed by atoms with E-state index in [1.807, 2.05) is 0 Å². The molecule has 1 aliphatic carbocycles. The van der Waals surface area contributed by atoms with E-state index in [0.717, 1.165) is 13.1 Å². The molecule has 0 amide bonds. The van der Waals surface area contributed by atoms with Crippen LogP contribution in [0.5, 0.6) is 0 Å². The van der Waals surface area contributed by atoms with Crippen molar-refractivity contribution >= 4 is 23.8 Å². The highest BCUT2D eigenvalue weighted by atomic mass is 35.5. The highest BCUT2D eigenvalue weighted by Gasteiger charge is 2.40. The minimum Gasteiger partial charge on any atom is -0.378 e. The second-order valence-corrected chi connectivity index (χ2v) is 11.4. The van der Waals surface area contributed by atoms with Gasteiger partial charge in [0.1, 0.15) is 0 Å². The summed E-state index contributed by atoms with van der Waals surface area (Å²) in [5.74, 6) is 0.665. The van der Waals surface area contributed by atoms with E-state index in [4.69, 9.17) is 0 Å². The molecular weight excluding hydrogens is 390 g/mol. The Hall–Kier alpha value is -0.930. The monoisotopic (exact) mass is 435 g/mol. The molecule has 1 heterocycles. The number of nitrogens with zero attached hydrogens (tertiary/aromatic N) is 3. The molecule has 0 N–H and O–H groups in total. The zero-order valence-corrected chi connectivity index (χ0v) is 21.4. The molecule has 2 aliphatic rings. The summed E-state index contributed by atoms with van der Waals surface area (Å²) >= 11 is 0. The Kier molecular flexibility index (Phi) is 8.55. The van der Waals surface area contributed by atoms with Gasteiger partial charge in [0.15, 0.2) is 0 Å². The zero-order valence-electron chi connectivity index (χ0n) is 20.6. The fraction of sp³-hybridized carbons (Fsp3) is 0.769. The predicted octanol–water partition coefficient (Wildman–Crippen LogP) is 6.42. The minimum absolute atomic E-state index is 0. The third-order valence-corrected chi connectivity index (χ3v) is 7.07. The molecule has 2 fully saturated rings. The van der Waals surface area contributed by atoms with Gasteiger partial charge in [-0.3, -0.25) is 4.90 Å². The lowest BCUT2D eigenvalue weighted by Crippen LogP contribution is -2.47. The van der Waals surface area contributed by atoms with E-state index in [1.54, 1.807) is 5.56 Å². The van der Waals surface area contributed by atoms with E-state index >= 15 is 0 Å². The van der Waals surface area contributed by atoms with E-state index < -0.39 is 0 Å². The zero-order chi connectivity index (χ0) is 21.2. The Morgan fingerprint density at radius 2 is 1.57 bits per heavy atom. The number of hydrogen-bond donors (Lipinski definition) is 0. The molecule has 0 atom stereocenters. The lowest BCUT2D eigenvalue weighted by atomic mass is 9.60. The molecular formula is C26H46ClN3. The van der Waals surface area contributed by atoms with Crippen molar-refractivity contribution in [2.24, 2.45) is 10.8 Å². The fourth-order valence-electron chi connectivity index (χ4n) is 6.09. The van der Waals surface area contributed by atoms with Crippen molar-refractivity contribution in [1.29, 1.82) is 0 Å². The van der Waals surface area contributed by atoms with Crippen molar-refractivity contribution in [2.75, 3.05) is 56.6 Å². The van der Waals surface area contributed by atoms with Gasteiger partial charge in [0.2, 0.25) is 0 Å². The molecule has 0 unspecified atom stereocenters. The smallest absolute Gasteiger partial charge is 0.0423 e. The number of rotatable bonds is 6. The van der Waals surface area contributed by atoms with Gasteiger partial charge in [0.05, 0.1) is 0 Å². The fourth-order valence-corrected chi connectivity index (χ4v) is 6.09. The molecule has 3 nitrogen and oxygen atoms in total. The quantitative estimate of drug-likeness (QED) is 0.510. The van der Waals surface area contributed by atoms with Crippen molar-refractivity contribution < 1.29 is 0 Å². The van der Waals surface area contributed by atoms with E-state index in [-0.39, 0.29) is 12.4 Å². The lowest BCUT2D eigenvalue weighted by molar-refractivity contribution is 0.0970. The first-order valence-electron chi connectivity index (χ1n) is 11.9. The Balaban J connectivity index is 0.00000320. The maximum atomic E-state index is 2.68. The van der Waals surface area contributed by atoms with Gasteiger partial charge >= 0.3 is 0 Å². The highest BCUT2D eigenvalue weighted by molar-refractivity contribution is 5.85. The Labute approximate surface area is 192 Å². The summed E-state index contributed by atoms with van der Waals surface area (Å²) in [5, 5.41) is 0. The van der Waals surface area contributed by atoms with Crippen LogP contribution in [0.2, 0.25) is 0 Å². The standard InChI is InChI=1S/C26H45N3.ClH/c1-8-9-12-28-13-15-29(16-14-28)24-17-22(27(6)7)10-11-23(24)21-18-25(2,3)20-26(4,5)19-21;/h10-11,17,21H,8-9,12-16,18-20H2,1-7H3;1H. The molecule has 0 aromatic heterocycles. The summed E-state index contributed by atoms with van der Waals surface area (Å²) in [6.45, 7) is 18.2. The third-order valence-electron chi connectivity index (χ3n) is 7.07. The van der Waals surface area contributed by atoms with Crippen LogP contribution in [0, 0.1) is 10.8 Å². The number of piperazine rings is 1. The van der Waals surface area contributed by atoms with Crippen molar-refractivity contribution in [1.82, 2.24) is 4.90 Å². The summed E-state index contributed by atoms with van der Waals surface area (Å²) in [7, 11) is 4.32. The summed E-state index contributed by atoms with van der Waals surface area (Å²) in [6.07, 6.45) is 6.57. The maximum Gasteiger partial charge on any atom is 0.0423 e. The molecule has 0 radical (unpaired) electrons. The van der Waals surface area contributed by atoms with Gasteiger partial charge in [-0.2, -0.15) is 0 Å². The average Bonchev–Trinajstić information content (AvgIpc) is 2.64. The summed E-state index contributed by atoms with van der Waals surface area (Å²) in [5.41, 5.74) is 5.26.